The van der Waals surface area contributed by atoms with Gasteiger partial charge in [0.1, 0.15) is 0 Å². The van der Waals surface area contributed by atoms with Crippen LogP contribution < -0.4 is 0 Å². The van der Waals surface area contributed by atoms with E-state index in [2.05, 4.69) is 5.10 Å². The molecule has 19 heavy (non-hydrogen) atoms. The number of aliphatic hydroxyl groups is 1. The Morgan fingerprint density at radius 3 is 2.74 bits per heavy atom. The van der Waals surface area contributed by atoms with E-state index in [-0.39, 0.29) is 12.0 Å². The van der Waals surface area contributed by atoms with Gasteiger partial charge in [0.2, 0.25) is 0 Å². The molecule has 0 radical (unpaired) electrons. The molecular formula is C14H16F2N2O. The monoisotopic (exact) mass is 266 g/mol. The van der Waals surface area contributed by atoms with Gasteiger partial charge in [-0.1, -0.05) is 19.1 Å². The minimum absolute atomic E-state index is 0.0285. The first-order chi connectivity index (χ1) is 9.02. The first-order valence-electron chi connectivity index (χ1n) is 6.16. The van der Waals surface area contributed by atoms with E-state index in [4.69, 9.17) is 0 Å². The SMILES string of the molecule is CCc1cc(CC(O)c2cccc(F)c2F)n(C)n1. The van der Waals surface area contributed by atoms with Crippen LogP contribution in [0.3, 0.4) is 0 Å². The van der Waals surface area contributed by atoms with Crippen molar-refractivity contribution in [2.45, 2.75) is 25.9 Å². The standard InChI is InChI=1S/C14H16F2N2O/c1-3-9-7-10(18(2)17-9)8-13(19)11-5-4-6-12(15)14(11)16/h4-7,13,19H,3,8H2,1-2H3. The van der Waals surface area contributed by atoms with Gasteiger partial charge in [-0.15, -0.1) is 0 Å². The van der Waals surface area contributed by atoms with Crippen LogP contribution in [-0.2, 0) is 19.9 Å². The van der Waals surface area contributed by atoms with Crippen molar-refractivity contribution in [3.63, 3.8) is 0 Å². The summed E-state index contributed by atoms with van der Waals surface area (Å²) in [6.45, 7) is 1.98. The molecule has 0 amide bonds. The second-order valence-corrected chi connectivity index (χ2v) is 4.47. The summed E-state index contributed by atoms with van der Waals surface area (Å²) in [7, 11) is 1.77. The summed E-state index contributed by atoms with van der Waals surface area (Å²) in [5.74, 6) is -1.94. The van der Waals surface area contributed by atoms with Gasteiger partial charge in [0.25, 0.3) is 0 Å². The number of nitrogens with zero attached hydrogens (tertiary/aromatic N) is 2. The Morgan fingerprint density at radius 2 is 2.11 bits per heavy atom. The largest absolute Gasteiger partial charge is 0.388 e. The Labute approximate surface area is 110 Å². The molecule has 1 unspecified atom stereocenters. The number of aliphatic hydroxyl groups excluding tert-OH is 1. The summed E-state index contributed by atoms with van der Waals surface area (Å²) in [6.07, 6.45) is -0.0990. The molecule has 0 saturated heterocycles. The molecule has 0 aliphatic heterocycles. The van der Waals surface area contributed by atoms with Crippen molar-refractivity contribution in [2.75, 3.05) is 0 Å². The Kier molecular flexibility index (Phi) is 3.95. The normalized spacial score (nSPS) is 12.7. The fraction of sp³-hybridized carbons (Fsp3) is 0.357. The van der Waals surface area contributed by atoms with Crippen molar-refractivity contribution < 1.29 is 13.9 Å². The number of hydrogen-bond donors (Lipinski definition) is 1. The predicted molar refractivity (Wildman–Crippen MR) is 67.6 cm³/mol. The van der Waals surface area contributed by atoms with E-state index in [1.807, 2.05) is 13.0 Å². The molecule has 5 heteroatoms. The van der Waals surface area contributed by atoms with Crippen LogP contribution in [0.4, 0.5) is 8.78 Å². The van der Waals surface area contributed by atoms with Gasteiger partial charge in [0.15, 0.2) is 11.6 Å². The summed E-state index contributed by atoms with van der Waals surface area (Å²) in [5.41, 5.74) is 1.66. The molecule has 0 saturated carbocycles. The molecular weight excluding hydrogens is 250 g/mol. The van der Waals surface area contributed by atoms with Gasteiger partial charge in [-0.05, 0) is 18.6 Å². The third kappa shape index (κ3) is 2.81. The molecule has 0 bridgehead atoms. The lowest BCUT2D eigenvalue weighted by Crippen LogP contribution is -2.08. The molecule has 1 heterocycles. The molecule has 2 rings (SSSR count). The van der Waals surface area contributed by atoms with Crippen LogP contribution in [0, 0.1) is 11.6 Å². The maximum atomic E-state index is 13.6. The van der Waals surface area contributed by atoms with Crippen LogP contribution in [0.5, 0.6) is 0 Å². The van der Waals surface area contributed by atoms with Gasteiger partial charge in [0.05, 0.1) is 11.8 Å². The first-order valence-corrected chi connectivity index (χ1v) is 6.16. The number of rotatable bonds is 4. The van der Waals surface area contributed by atoms with Gasteiger partial charge in [-0.2, -0.15) is 5.10 Å². The molecule has 102 valence electrons. The minimum atomic E-state index is -1.09. The zero-order chi connectivity index (χ0) is 14.0. The lowest BCUT2D eigenvalue weighted by molar-refractivity contribution is 0.170. The zero-order valence-electron chi connectivity index (χ0n) is 10.9. The van der Waals surface area contributed by atoms with E-state index < -0.39 is 17.7 Å². The fourth-order valence-electron chi connectivity index (χ4n) is 2.02. The zero-order valence-corrected chi connectivity index (χ0v) is 10.9. The van der Waals surface area contributed by atoms with Crippen molar-refractivity contribution in [2.24, 2.45) is 7.05 Å². The van der Waals surface area contributed by atoms with Gasteiger partial charge in [0, 0.05) is 24.7 Å². The van der Waals surface area contributed by atoms with Gasteiger partial charge in [-0.25, -0.2) is 8.78 Å². The number of aromatic nitrogens is 2. The molecule has 0 fully saturated rings. The van der Waals surface area contributed by atoms with Crippen molar-refractivity contribution in [3.05, 3.63) is 52.9 Å². The maximum Gasteiger partial charge on any atom is 0.164 e. The Bertz CT molecular complexity index is 581. The Morgan fingerprint density at radius 1 is 1.37 bits per heavy atom. The highest BCUT2D eigenvalue weighted by atomic mass is 19.2. The van der Waals surface area contributed by atoms with Gasteiger partial charge < -0.3 is 5.11 Å². The summed E-state index contributed by atoms with van der Waals surface area (Å²) >= 11 is 0. The number of halogens is 2. The van der Waals surface area contributed by atoms with E-state index in [9.17, 15) is 13.9 Å². The molecule has 1 N–H and O–H groups in total. The lowest BCUT2D eigenvalue weighted by Gasteiger charge is -2.12. The van der Waals surface area contributed by atoms with Gasteiger partial charge in [-0.3, -0.25) is 4.68 Å². The third-order valence-electron chi connectivity index (χ3n) is 3.13. The highest BCUT2D eigenvalue weighted by Crippen LogP contribution is 2.23. The summed E-state index contributed by atoms with van der Waals surface area (Å²) < 4.78 is 28.3. The molecule has 2 aromatic rings. The van der Waals surface area contributed by atoms with Crippen LogP contribution in [0.15, 0.2) is 24.3 Å². The van der Waals surface area contributed by atoms with Crippen LogP contribution in [0.25, 0.3) is 0 Å². The third-order valence-corrected chi connectivity index (χ3v) is 3.13. The van der Waals surface area contributed by atoms with Crippen LogP contribution in [-0.4, -0.2) is 14.9 Å². The highest BCUT2D eigenvalue weighted by molar-refractivity contribution is 5.23. The Balaban J connectivity index is 2.22. The fourth-order valence-corrected chi connectivity index (χ4v) is 2.02. The molecule has 1 aromatic heterocycles. The van der Waals surface area contributed by atoms with E-state index in [0.717, 1.165) is 23.9 Å². The van der Waals surface area contributed by atoms with E-state index >= 15 is 0 Å². The lowest BCUT2D eigenvalue weighted by atomic mass is 10.0. The second-order valence-electron chi connectivity index (χ2n) is 4.47. The number of benzene rings is 1. The summed E-state index contributed by atoms with van der Waals surface area (Å²) in [5, 5.41) is 14.3. The molecule has 1 atom stereocenters. The van der Waals surface area contributed by atoms with Crippen molar-refractivity contribution in [1.29, 1.82) is 0 Å². The minimum Gasteiger partial charge on any atom is -0.388 e. The second kappa shape index (κ2) is 5.48. The van der Waals surface area contributed by atoms with Crippen LogP contribution in [0.2, 0.25) is 0 Å². The Hall–Kier alpha value is -1.75. The quantitative estimate of drug-likeness (QED) is 0.923. The number of aryl methyl sites for hydroxylation is 2. The van der Waals surface area contributed by atoms with Crippen molar-refractivity contribution in [1.82, 2.24) is 9.78 Å². The summed E-state index contributed by atoms with van der Waals surface area (Å²) in [6, 6.07) is 5.67. The number of hydrogen-bond acceptors (Lipinski definition) is 2. The van der Waals surface area contributed by atoms with E-state index in [1.54, 1.807) is 11.7 Å². The average Bonchev–Trinajstić information content (AvgIpc) is 2.73. The smallest absolute Gasteiger partial charge is 0.164 e. The summed E-state index contributed by atoms with van der Waals surface area (Å²) in [4.78, 5) is 0. The van der Waals surface area contributed by atoms with Crippen LogP contribution in [0.1, 0.15) is 30.0 Å². The topological polar surface area (TPSA) is 38.0 Å². The van der Waals surface area contributed by atoms with Crippen molar-refractivity contribution in [3.8, 4) is 0 Å². The molecule has 0 aliphatic carbocycles. The van der Waals surface area contributed by atoms with E-state index in [1.165, 1.54) is 12.1 Å². The highest BCUT2D eigenvalue weighted by Gasteiger charge is 2.18. The molecule has 3 nitrogen and oxygen atoms in total. The molecule has 0 spiro atoms. The van der Waals surface area contributed by atoms with Gasteiger partial charge >= 0.3 is 0 Å². The average molecular weight is 266 g/mol. The maximum absolute atomic E-state index is 13.6. The molecule has 1 aromatic carbocycles. The predicted octanol–water partition coefficient (Wildman–Crippen LogP) is 2.54. The van der Waals surface area contributed by atoms with E-state index in [0.29, 0.717) is 0 Å². The van der Waals surface area contributed by atoms with Crippen molar-refractivity contribution >= 4 is 0 Å². The first kappa shape index (κ1) is 13.7. The molecule has 0 aliphatic rings. The van der Waals surface area contributed by atoms with Crippen LogP contribution >= 0.6 is 0 Å².